The molecule has 0 bridgehead atoms. The van der Waals surface area contributed by atoms with Gasteiger partial charge in [-0.2, -0.15) is 0 Å². The number of methoxy groups -OCH3 is 1. The maximum absolute atomic E-state index is 12.7. The van der Waals surface area contributed by atoms with Gasteiger partial charge in [0.2, 0.25) is 5.91 Å². The van der Waals surface area contributed by atoms with E-state index in [1.54, 1.807) is 18.1 Å². The number of benzene rings is 2. The summed E-state index contributed by atoms with van der Waals surface area (Å²) in [6, 6.07) is 12.7. The van der Waals surface area contributed by atoms with Gasteiger partial charge in [-0.15, -0.1) is 0 Å². The summed E-state index contributed by atoms with van der Waals surface area (Å²) in [7, 11) is 1.59. The van der Waals surface area contributed by atoms with Crippen molar-refractivity contribution in [1.82, 2.24) is 0 Å². The van der Waals surface area contributed by atoms with Crippen LogP contribution in [0.1, 0.15) is 11.1 Å². The molecule has 3 rings (SSSR count). The Kier molecular flexibility index (Phi) is 4.55. The van der Waals surface area contributed by atoms with Crippen molar-refractivity contribution in [2.75, 3.05) is 18.6 Å². The molecule has 0 radical (unpaired) electrons. The van der Waals surface area contributed by atoms with Crippen molar-refractivity contribution in [2.45, 2.75) is 18.9 Å². The van der Waals surface area contributed by atoms with E-state index in [-0.39, 0.29) is 5.91 Å². The summed E-state index contributed by atoms with van der Waals surface area (Å²) in [6.07, 6.45) is 1.28. The number of hydrogen-bond acceptors (Lipinski definition) is 3. The summed E-state index contributed by atoms with van der Waals surface area (Å²) in [5, 5.41) is 0.564. The maximum Gasteiger partial charge on any atom is 0.244 e. The van der Waals surface area contributed by atoms with Crippen LogP contribution in [0.2, 0.25) is 5.02 Å². The van der Waals surface area contributed by atoms with Crippen molar-refractivity contribution in [3.63, 3.8) is 0 Å². The number of hydrogen-bond donors (Lipinski definition) is 1. The summed E-state index contributed by atoms with van der Waals surface area (Å²) < 4.78 is 5.13. The van der Waals surface area contributed by atoms with Gasteiger partial charge in [0.1, 0.15) is 5.75 Å². The van der Waals surface area contributed by atoms with Crippen LogP contribution in [0.15, 0.2) is 42.5 Å². The number of para-hydroxylation sites is 1. The molecule has 5 heteroatoms. The smallest absolute Gasteiger partial charge is 0.244 e. The Balaban J connectivity index is 1.74. The fourth-order valence-corrected chi connectivity index (χ4v) is 3.16. The Bertz CT molecular complexity index is 733. The predicted octanol–water partition coefficient (Wildman–Crippen LogP) is 2.81. The van der Waals surface area contributed by atoms with E-state index >= 15 is 0 Å². The average Bonchev–Trinajstić information content (AvgIpc) is 2.99. The fraction of sp³-hybridized carbons (Fsp3) is 0.278. The second-order valence-electron chi connectivity index (χ2n) is 5.64. The molecule has 1 aliphatic rings. The van der Waals surface area contributed by atoms with Gasteiger partial charge in [-0.3, -0.25) is 4.79 Å². The minimum atomic E-state index is -0.618. The first kappa shape index (κ1) is 15.8. The van der Waals surface area contributed by atoms with Crippen molar-refractivity contribution < 1.29 is 9.53 Å². The van der Waals surface area contributed by atoms with Crippen LogP contribution in [0.25, 0.3) is 0 Å². The van der Waals surface area contributed by atoms with Gasteiger partial charge in [-0.1, -0.05) is 35.9 Å². The molecule has 2 aromatic rings. The lowest BCUT2D eigenvalue weighted by molar-refractivity contribution is -0.119. The van der Waals surface area contributed by atoms with Gasteiger partial charge in [0, 0.05) is 17.3 Å². The van der Waals surface area contributed by atoms with E-state index in [9.17, 15) is 4.79 Å². The second-order valence-corrected chi connectivity index (χ2v) is 6.04. The van der Waals surface area contributed by atoms with Crippen LogP contribution in [0.5, 0.6) is 5.75 Å². The highest BCUT2D eigenvalue weighted by Gasteiger charge is 2.28. The quantitative estimate of drug-likeness (QED) is 0.938. The lowest BCUT2D eigenvalue weighted by atomic mass is 10.0. The van der Waals surface area contributed by atoms with Crippen molar-refractivity contribution in [2.24, 2.45) is 5.73 Å². The monoisotopic (exact) mass is 330 g/mol. The van der Waals surface area contributed by atoms with E-state index in [4.69, 9.17) is 22.1 Å². The van der Waals surface area contributed by atoms with E-state index in [2.05, 4.69) is 6.07 Å². The number of carbonyl (C=O) groups excluding carboxylic acids is 1. The van der Waals surface area contributed by atoms with Crippen molar-refractivity contribution >= 4 is 23.2 Å². The number of carbonyl (C=O) groups is 1. The van der Waals surface area contributed by atoms with Crippen molar-refractivity contribution in [3.05, 3.63) is 58.6 Å². The van der Waals surface area contributed by atoms with Gasteiger partial charge in [0.25, 0.3) is 0 Å². The predicted molar refractivity (Wildman–Crippen MR) is 92.2 cm³/mol. The molecule has 1 atom stereocenters. The first-order chi connectivity index (χ1) is 11.1. The Labute approximate surface area is 140 Å². The zero-order valence-electron chi connectivity index (χ0n) is 13.0. The number of fused-ring (bicyclic) bond motifs is 1. The maximum atomic E-state index is 12.7. The third-order valence-corrected chi connectivity index (χ3v) is 4.52. The van der Waals surface area contributed by atoms with Crippen LogP contribution in [-0.2, 0) is 17.6 Å². The molecule has 23 heavy (non-hydrogen) atoms. The lowest BCUT2D eigenvalue weighted by Crippen LogP contribution is -2.44. The van der Waals surface area contributed by atoms with E-state index in [1.807, 2.05) is 30.3 Å². The first-order valence-electron chi connectivity index (χ1n) is 7.57. The molecule has 0 unspecified atom stereocenters. The molecule has 2 N–H and O–H groups in total. The molecule has 0 saturated heterocycles. The van der Waals surface area contributed by atoms with Crippen LogP contribution in [0.3, 0.4) is 0 Å². The molecular weight excluding hydrogens is 312 g/mol. The fourth-order valence-electron chi connectivity index (χ4n) is 2.91. The molecule has 1 aliphatic heterocycles. The number of nitrogens with zero attached hydrogens (tertiary/aromatic N) is 1. The highest BCUT2D eigenvalue weighted by molar-refractivity contribution is 6.31. The van der Waals surface area contributed by atoms with Gasteiger partial charge in [0.15, 0.2) is 0 Å². The zero-order valence-corrected chi connectivity index (χ0v) is 13.7. The molecule has 0 fully saturated rings. The summed E-state index contributed by atoms with van der Waals surface area (Å²) in [5.74, 6) is 0.619. The average molecular weight is 331 g/mol. The van der Waals surface area contributed by atoms with Gasteiger partial charge < -0.3 is 15.4 Å². The van der Waals surface area contributed by atoms with E-state index < -0.39 is 6.04 Å². The molecule has 0 saturated carbocycles. The normalized spacial score (nSPS) is 14.5. The summed E-state index contributed by atoms with van der Waals surface area (Å²) in [5.41, 5.74) is 9.15. The number of anilines is 1. The largest absolute Gasteiger partial charge is 0.497 e. The molecular formula is C18H19ClN2O2. The third kappa shape index (κ3) is 3.19. The summed E-state index contributed by atoms with van der Waals surface area (Å²) in [6.45, 7) is 0.683. The molecule has 4 nitrogen and oxygen atoms in total. The number of nitrogens with two attached hydrogens (primary N) is 1. The molecule has 0 aliphatic carbocycles. The third-order valence-electron chi connectivity index (χ3n) is 4.17. The highest BCUT2D eigenvalue weighted by Crippen LogP contribution is 2.29. The van der Waals surface area contributed by atoms with Crippen molar-refractivity contribution in [3.8, 4) is 5.75 Å². The number of halogens is 1. The Hall–Kier alpha value is -2.04. The highest BCUT2D eigenvalue weighted by atomic mass is 35.5. The van der Waals surface area contributed by atoms with E-state index in [0.29, 0.717) is 23.7 Å². The molecule has 1 amide bonds. The minimum Gasteiger partial charge on any atom is -0.497 e. The first-order valence-corrected chi connectivity index (χ1v) is 7.95. The zero-order chi connectivity index (χ0) is 16.4. The Morgan fingerprint density at radius 3 is 2.87 bits per heavy atom. The van der Waals surface area contributed by atoms with Crippen LogP contribution < -0.4 is 15.4 Å². The van der Waals surface area contributed by atoms with Gasteiger partial charge in [0.05, 0.1) is 13.2 Å². The van der Waals surface area contributed by atoms with Crippen LogP contribution >= 0.6 is 11.6 Å². The molecule has 0 aromatic heterocycles. The lowest BCUT2D eigenvalue weighted by Gasteiger charge is -2.22. The van der Waals surface area contributed by atoms with Gasteiger partial charge >= 0.3 is 0 Å². The molecule has 1 heterocycles. The molecule has 2 aromatic carbocycles. The van der Waals surface area contributed by atoms with Crippen LogP contribution in [0.4, 0.5) is 5.69 Å². The Morgan fingerprint density at radius 2 is 2.13 bits per heavy atom. The number of amides is 1. The van der Waals surface area contributed by atoms with Crippen LogP contribution in [-0.4, -0.2) is 25.6 Å². The number of rotatable bonds is 4. The van der Waals surface area contributed by atoms with Gasteiger partial charge in [-0.25, -0.2) is 0 Å². The summed E-state index contributed by atoms with van der Waals surface area (Å²) >= 11 is 6.24. The topological polar surface area (TPSA) is 55.6 Å². The minimum absolute atomic E-state index is 0.0677. The SMILES string of the molecule is COc1ccc(C[C@H](N)C(=O)N2CCc3ccccc32)c(Cl)c1. The molecule has 120 valence electrons. The summed E-state index contributed by atoms with van der Waals surface area (Å²) in [4.78, 5) is 14.5. The Morgan fingerprint density at radius 1 is 1.35 bits per heavy atom. The standard InChI is InChI=1S/C18H19ClN2O2/c1-23-14-7-6-13(15(19)11-14)10-16(20)18(22)21-9-8-12-4-2-3-5-17(12)21/h2-7,11,16H,8-10,20H2,1H3/t16-/m0/s1. The second kappa shape index (κ2) is 6.60. The van der Waals surface area contributed by atoms with Crippen LogP contribution in [0, 0.1) is 0 Å². The van der Waals surface area contributed by atoms with E-state index in [0.717, 1.165) is 17.7 Å². The molecule has 0 spiro atoms. The van der Waals surface area contributed by atoms with E-state index in [1.165, 1.54) is 5.56 Å². The van der Waals surface area contributed by atoms with Crippen molar-refractivity contribution in [1.29, 1.82) is 0 Å². The number of ether oxygens (including phenoxy) is 1. The van der Waals surface area contributed by atoms with Gasteiger partial charge in [-0.05, 0) is 42.2 Å².